The summed E-state index contributed by atoms with van der Waals surface area (Å²) in [6.07, 6.45) is -6.43. The van der Waals surface area contributed by atoms with Crippen LogP contribution in [-0.4, -0.2) is 34.7 Å². The molecule has 0 saturated heterocycles. The summed E-state index contributed by atoms with van der Waals surface area (Å²) in [6.45, 7) is -1.50. The smallest absolute Gasteiger partial charge is 0.457 e. The van der Waals surface area contributed by atoms with Crippen LogP contribution in [0.4, 0.5) is 22.0 Å². The van der Waals surface area contributed by atoms with E-state index < -0.39 is 42.9 Å². The lowest BCUT2D eigenvalue weighted by Gasteiger charge is -2.32. The van der Waals surface area contributed by atoms with E-state index in [-0.39, 0.29) is 11.1 Å². The normalized spacial score (nSPS) is 12.3. The standard InChI is InChI=1S/C19H15F5O5/c20-18(21,19(22,23)24)17(27,15(25)28-11-13-7-3-1-4-8-13)16(26)29-12-14-9-5-2-6-10-14/h1-10,27H,11-12H2. The Labute approximate surface area is 161 Å². The summed E-state index contributed by atoms with van der Waals surface area (Å²) in [7, 11) is 0. The van der Waals surface area contributed by atoms with Crippen molar-refractivity contribution < 1.29 is 46.1 Å². The Morgan fingerprint density at radius 2 is 1.07 bits per heavy atom. The minimum Gasteiger partial charge on any atom is -0.458 e. The van der Waals surface area contributed by atoms with Gasteiger partial charge in [0.2, 0.25) is 0 Å². The molecule has 0 aliphatic heterocycles. The van der Waals surface area contributed by atoms with Crippen molar-refractivity contribution in [1.29, 1.82) is 0 Å². The molecule has 0 heterocycles. The van der Waals surface area contributed by atoms with E-state index in [1.165, 1.54) is 48.5 Å². The van der Waals surface area contributed by atoms with Crippen LogP contribution >= 0.6 is 0 Å². The minimum absolute atomic E-state index is 0.233. The lowest BCUT2D eigenvalue weighted by molar-refractivity contribution is -0.333. The maximum Gasteiger partial charge on any atom is 0.457 e. The van der Waals surface area contributed by atoms with E-state index in [1.807, 2.05) is 0 Å². The zero-order valence-electron chi connectivity index (χ0n) is 14.7. The fourth-order valence-corrected chi connectivity index (χ4v) is 2.20. The second-order valence-corrected chi connectivity index (χ2v) is 5.91. The molecule has 0 unspecified atom stereocenters. The third-order valence-electron chi connectivity index (χ3n) is 3.83. The molecule has 2 aromatic carbocycles. The van der Waals surface area contributed by atoms with Gasteiger partial charge in [0.25, 0.3) is 0 Å². The third-order valence-corrected chi connectivity index (χ3v) is 3.83. The zero-order chi connectivity index (χ0) is 21.7. The number of esters is 2. The Balaban J connectivity index is 2.27. The summed E-state index contributed by atoms with van der Waals surface area (Å²) < 4.78 is 75.2. The molecule has 0 aliphatic rings. The largest absolute Gasteiger partial charge is 0.458 e. The van der Waals surface area contributed by atoms with Gasteiger partial charge in [-0.15, -0.1) is 0 Å². The highest BCUT2D eigenvalue weighted by atomic mass is 19.4. The molecule has 0 bridgehead atoms. The number of halogens is 5. The maximum atomic E-state index is 14.0. The molecule has 0 amide bonds. The van der Waals surface area contributed by atoms with Crippen LogP contribution in [0, 0.1) is 0 Å². The molecule has 0 atom stereocenters. The Hall–Kier alpha value is -3.01. The van der Waals surface area contributed by atoms with Crippen LogP contribution in [0.15, 0.2) is 60.7 Å². The molecular formula is C19H15F5O5. The van der Waals surface area contributed by atoms with E-state index in [2.05, 4.69) is 9.47 Å². The summed E-state index contributed by atoms with van der Waals surface area (Å²) in [5.74, 6) is -11.1. The third kappa shape index (κ3) is 4.70. The van der Waals surface area contributed by atoms with Crippen LogP contribution < -0.4 is 0 Å². The van der Waals surface area contributed by atoms with Crippen molar-refractivity contribution >= 4 is 11.9 Å². The lowest BCUT2D eigenvalue weighted by Crippen LogP contribution is -2.66. The van der Waals surface area contributed by atoms with Gasteiger partial charge in [-0.3, -0.25) is 0 Å². The molecule has 0 saturated carbocycles. The molecule has 29 heavy (non-hydrogen) atoms. The van der Waals surface area contributed by atoms with E-state index in [4.69, 9.17) is 0 Å². The molecule has 5 nitrogen and oxygen atoms in total. The quantitative estimate of drug-likeness (QED) is 0.424. The summed E-state index contributed by atoms with van der Waals surface area (Å²) in [5.41, 5.74) is -4.46. The predicted molar refractivity (Wildman–Crippen MR) is 88.4 cm³/mol. The second-order valence-electron chi connectivity index (χ2n) is 5.91. The van der Waals surface area contributed by atoms with Crippen molar-refractivity contribution in [2.75, 3.05) is 0 Å². The van der Waals surface area contributed by atoms with E-state index in [0.29, 0.717) is 0 Å². The number of hydrogen-bond donors (Lipinski definition) is 1. The first kappa shape index (κ1) is 22.3. The van der Waals surface area contributed by atoms with E-state index >= 15 is 0 Å². The number of hydrogen-bond acceptors (Lipinski definition) is 5. The Kier molecular flexibility index (Phi) is 6.58. The highest BCUT2D eigenvalue weighted by Crippen LogP contribution is 2.45. The van der Waals surface area contributed by atoms with E-state index in [0.717, 1.165) is 0 Å². The number of benzene rings is 2. The number of rotatable bonds is 7. The van der Waals surface area contributed by atoms with Crippen molar-refractivity contribution in [3.05, 3.63) is 71.8 Å². The SMILES string of the molecule is O=C(OCc1ccccc1)C(O)(C(=O)OCc1ccccc1)C(F)(F)C(F)(F)F. The number of carbonyl (C=O) groups excluding carboxylic acids is 2. The number of alkyl halides is 5. The minimum atomic E-state index is -6.43. The van der Waals surface area contributed by atoms with Crippen molar-refractivity contribution in [2.24, 2.45) is 0 Å². The zero-order valence-corrected chi connectivity index (χ0v) is 14.7. The van der Waals surface area contributed by atoms with Gasteiger partial charge in [0.15, 0.2) is 0 Å². The van der Waals surface area contributed by atoms with Gasteiger partial charge >= 0.3 is 29.6 Å². The van der Waals surface area contributed by atoms with Crippen molar-refractivity contribution in [3.8, 4) is 0 Å². The Morgan fingerprint density at radius 3 is 1.38 bits per heavy atom. The molecule has 1 N–H and O–H groups in total. The molecule has 156 valence electrons. The first-order valence-electron chi connectivity index (χ1n) is 8.09. The van der Waals surface area contributed by atoms with E-state index in [9.17, 15) is 36.6 Å². The molecule has 2 aromatic rings. The highest BCUT2D eigenvalue weighted by Gasteiger charge is 2.78. The molecule has 0 aromatic heterocycles. The average molecular weight is 418 g/mol. The van der Waals surface area contributed by atoms with Crippen molar-refractivity contribution in [3.63, 3.8) is 0 Å². The first-order valence-corrected chi connectivity index (χ1v) is 8.09. The fraction of sp³-hybridized carbons (Fsp3) is 0.263. The Morgan fingerprint density at radius 1 is 0.724 bits per heavy atom. The lowest BCUT2D eigenvalue weighted by atomic mass is 9.95. The van der Waals surface area contributed by atoms with Crippen LogP contribution in [0.5, 0.6) is 0 Å². The molecular weight excluding hydrogens is 403 g/mol. The van der Waals surface area contributed by atoms with Gasteiger partial charge in [0.05, 0.1) is 0 Å². The summed E-state index contributed by atoms with van der Waals surface area (Å²) in [6, 6.07) is 14.7. The molecule has 0 spiro atoms. The van der Waals surface area contributed by atoms with Gasteiger partial charge in [-0.05, 0) is 11.1 Å². The van der Waals surface area contributed by atoms with Gasteiger partial charge in [-0.25, -0.2) is 9.59 Å². The molecule has 2 rings (SSSR count). The van der Waals surface area contributed by atoms with Crippen LogP contribution in [-0.2, 0) is 32.3 Å². The predicted octanol–water partition coefficient (Wildman–Crippen LogP) is 3.40. The second kappa shape index (κ2) is 8.56. The number of ether oxygens (including phenoxy) is 2. The monoisotopic (exact) mass is 418 g/mol. The van der Waals surface area contributed by atoms with Crippen LogP contribution in [0.25, 0.3) is 0 Å². The van der Waals surface area contributed by atoms with Gasteiger partial charge in [0.1, 0.15) is 13.2 Å². The summed E-state index contributed by atoms with van der Waals surface area (Å²) in [4.78, 5) is 24.1. The van der Waals surface area contributed by atoms with Gasteiger partial charge < -0.3 is 14.6 Å². The topological polar surface area (TPSA) is 72.8 Å². The van der Waals surface area contributed by atoms with Gasteiger partial charge in [0, 0.05) is 0 Å². The van der Waals surface area contributed by atoms with E-state index in [1.54, 1.807) is 12.1 Å². The number of carbonyl (C=O) groups is 2. The fourth-order valence-electron chi connectivity index (χ4n) is 2.20. The maximum absolute atomic E-state index is 14.0. The Bertz CT molecular complexity index is 782. The van der Waals surface area contributed by atoms with Crippen molar-refractivity contribution in [2.45, 2.75) is 30.9 Å². The van der Waals surface area contributed by atoms with Crippen molar-refractivity contribution in [1.82, 2.24) is 0 Å². The van der Waals surface area contributed by atoms with Crippen LogP contribution in [0.2, 0.25) is 0 Å². The first-order chi connectivity index (χ1) is 13.5. The van der Waals surface area contributed by atoms with Gasteiger partial charge in [-0.2, -0.15) is 22.0 Å². The molecule has 0 aliphatic carbocycles. The number of aliphatic hydroxyl groups is 1. The summed E-state index contributed by atoms with van der Waals surface area (Å²) in [5, 5.41) is 9.95. The van der Waals surface area contributed by atoms with Gasteiger partial charge in [-0.1, -0.05) is 60.7 Å². The highest BCUT2D eigenvalue weighted by molar-refractivity contribution is 6.04. The molecule has 10 heteroatoms. The summed E-state index contributed by atoms with van der Waals surface area (Å²) >= 11 is 0. The molecule has 0 radical (unpaired) electrons. The van der Waals surface area contributed by atoms with Crippen LogP contribution in [0.1, 0.15) is 11.1 Å². The average Bonchev–Trinajstić information content (AvgIpc) is 2.70. The van der Waals surface area contributed by atoms with Crippen LogP contribution in [0.3, 0.4) is 0 Å². The molecule has 0 fully saturated rings.